The van der Waals surface area contributed by atoms with Crippen LogP contribution >= 0.6 is 7.82 Å². The molecule has 0 rings (SSSR count). The van der Waals surface area contributed by atoms with E-state index in [1.165, 1.54) is 135 Å². The quantitative estimate of drug-likeness (QED) is 0.0271. The van der Waals surface area contributed by atoms with Gasteiger partial charge in [-0.2, -0.15) is 0 Å². The zero-order valence-corrected chi connectivity index (χ0v) is 36.8. The van der Waals surface area contributed by atoms with Gasteiger partial charge in [0.2, 0.25) is 0 Å². The number of unbranched alkanes of at least 4 members (excludes halogenated alkanes) is 25. The Hall–Kier alpha value is -1.28. The highest BCUT2D eigenvalue weighted by atomic mass is 31.2. The van der Waals surface area contributed by atoms with E-state index in [1.807, 2.05) is 0 Å². The number of nitrogens with two attached hydrogens (primary N) is 1. The van der Waals surface area contributed by atoms with Gasteiger partial charge in [0.05, 0.1) is 19.8 Å². The van der Waals surface area contributed by atoms with Crippen LogP contribution in [0.1, 0.15) is 213 Å². The van der Waals surface area contributed by atoms with Crippen LogP contribution in [0.25, 0.3) is 0 Å². The number of phosphoric acid groups is 1. The van der Waals surface area contributed by atoms with Gasteiger partial charge in [-0.25, -0.2) is 4.57 Å². The lowest BCUT2D eigenvalue weighted by atomic mass is 10.0. The van der Waals surface area contributed by atoms with E-state index in [-0.39, 0.29) is 32.3 Å². The highest BCUT2D eigenvalue weighted by Gasteiger charge is 2.25. The molecule has 0 spiro atoms. The molecule has 0 fully saturated rings. The lowest BCUT2D eigenvalue weighted by molar-refractivity contribution is -0.154. The largest absolute Gasteiger partial charge is 0.472 e. The SMILES string of the molecule is CCCCCCC/C=C\C/C=C\C/C=C\CCCCCCCCC(=O)OC(COCCCCCCCCCCCCCCCCC)COP(=O)(O)OCCN. The molecule has 0 heterocycles. The van der Waals surface area contributed by atoms with Gasteiger partial charge in [-0.05, 0) is 51.4 Å². The zero-order chi connectivity index (χ0) is 40.2. The molecule has 0 saturated carbocycles. The second kappa shape index (κ2) is 43.8. The number of rotatable bonds is 44. The van der Waals surface area contributed by atoms with Crippen molar-refractivity contribution in [1.29, 1.82) is 0 Å². The monoisotopic (exact) mass is 798 g/mol. The van der Waals surface area contributed by atoms with Crippen molar-refractivity contribution in [3.05, 3.63) is 36.5 Å². The van der Waals surface area contributed by atoms with Crippen molar-refractivity contribution in [2.75, 3.05) is 33.0 Å². The van der Waals surface area contributed by atoms with Crippen molar-refractivity contribution in [1.82, 2.24) is 0 Å². The Labute approximate surface area is 339 Å². The summed E-state index contributed by atoms with van der Waals surface area (Å²) in [6.07, 6.45) is 50.2. The fourth-order valence-electron chi connectivity index (χ4n) is 6.42. The maximum atomic E-state index is 12.6. The van der Waals surface area contributed by atoms with Gasteiger partial charge < -0.3 is 20.1 Å². The molecule has 0 aliphatic carbocycles. The second-order valence-corrected chi connectivity index (χ2v) is 16.7. The Morgan fingerprint density at radius 1 is 0.545 bits per heavy atom. The normalized spacial score (nSPS) is 13.7. The number of ether oxygens (including phenoxy) is 2. The van der Waals surface area contributed by atoms with Crippen molar-refractivity contribution in [2.24, 2.45) is 5.73 Å². The topological polar surface area (TPSA) is 117 Å². The number of hydrogen-bond acceptors (Lipinski definition) is 7. The van der Waals surface area contributed by atoms with E-state index in [9.17, 15) is 14.3 Å². The van der Waals surface area contributed by atoms with Crippen LogP contribution in [0.3, 0.4) is 0 Å². The van der Waals surface area contributed by atoms with E-state index in [0.717, 1.165) is 57.8 Å². The molecule has 0 saturated heterocycles. The van der Waals surface area contributed by atoms with E-state index in [4.69, 9.17) is 24.3 Å². The first-order chi connectivity index (χ1) is 26.9. The van der Waals surface area contributed by atoms with Crippen LogP contribution in [-0.4, -0.2) is 49.9 Å². The third-order valence-electron chi connectivity index (χ3n) is 9.81. The first kappa shape index (κ1) is 53.7. The first-order valence-electron chi connectivity index (χ1n) is 23.0. The molecular weight excluding hydrogens is 709 g/mol. The molecule has 2 atom stereocenters. The zero-order valence-electron chi connectivity index (χ0n) is 35.9. The minimum Gasteiger partial charge on any atom is -0.457 e. The third-order valence-corrected chi connectivity index (χ3v) is 10.8. The smallest absolute Gasteiger partial charge is 0.457 e. The summed E-state index contributed by atoms with van der Waals surface area (Å²) in [5.41, 5.74) is 5.37. The summed E-state index contributed by atoms with van der Waals surface area (Å²) in [6.45, 7) is 4.92. The van der Waals surface area contributed by atoms with Crippen molar-refractivity contribution in [3.63, 3.8) is 0 Å². The lowest BCUT2D eigenvalue weighted by Gasteiger charge is -2.20. The second-order valence-electron chi connectivity index (χ2n) is 15.3. The van der Waals surface area contributed by atoms with Gasteiger partial charge in [0, 0.05) is 19.6 Å². The molecule has 0 amide bonds. The standard InChI is InChI=1S/C46H88NO7P/c1-3-5-7-9-11-13-15-17-19-20-21-22-23-24-25-27-29-31-33-35-37-39-46(48)54-45(44-53-55(49,50)52-42-40-47)43-51-41-38-36-34-32-30-28-26-18-16-14-12-10-8-6-4-2/h15,17,20-21,23-24,45H,3-14,16,18-19,22,25-44,47H2,1-2H3,(H,49,50)/b17-15-,21-20-,24-23-. The van der Waals surface area contributed by atoms with Crippen LogP contribution in [-0.2, 0) is 27.9 Å². The Morgan fingerprint density at radius 2 is 0.964 bits per heavy atom. The van der Waals surface area contributed by atoms with Gasteiger partial charge in [-0.1, -0.05) is 192 Å². The fraction of sp³-hybridized carbons (Fsp3) is 0.848. The summed E-state index contributed by atoms with van der Waals surface area (Å²) < 4.78 is 33.5. The first-order valence-corrected chi connectivity index (χ1v) is 24.5. The van der Waals surface area contributed by atoms with Crippen LogP contribution in [0, 0.1) is 0 Å². The molecule has 9 heteroatoms. The predicted octanol–water partition coefficient (Wildman–Crippen LogP) is 13.8. The average molecular weight is 798 g/mol. The van der Waals surface area contributed by atoms with Gasteiger partial charge in [-0.3, -0.25) is 13.8 Å². The third kappa shape index (κ3) is 43.7. The van der Waals surface area contributed by atoms with Crippen molar-refractivity contribution >= 4 is 13.8 Å². The molecule has 0 aliphatic rings. The molecule has 2 unspecified atom stereocenters. The predicted molar refractivity (Wildman–Crippen MR) is 233 cm³/mol. The van der Waals surface area contributed by atoms with Crippen LogP contribution in [0.2, 0.25) is 0 Å². The maximum Gasteiger partial charge on any atom is 0.472 e. The molecule has 0 aromatic carbocycles. The molecule has 0 aromatic heterocycles. The van der Waals surface area contributed by atoms with Crippen LogP contribution in [0.5, 0.6) is 0 Å². The van der Waals surface area contributed by atoms with Crippen molar-refractivity contribution in [3.8, 4) is 0 Å². The molecular formula is C46H88NO7P. The molecule has 0 aromatic rings. The molecule has 55 heavy (non-hydrogen) atoms. The fourth-order valence-corrected chi connectivity index (χ4v) is 7.18. The maximum absolute atomic E-state index is 12.6. The molecule has 8 nitrogen and oxygen atoms in total. The van der Waals surface area contributed by atoms with Gasteiger partial charge in [0.1, 0.15) is 6.10 Å². The highest BCUT2D eigenvalue weighted by molar-refractivity contribution is 7.47. The molecule has 0 radical (unpaired) electrons. The summed E-state index contributed by atoms with van der Waals surface area (Å²) >= 11 is 0. The Balaban J connectivity index is 4.02. The van der Waals surface area contributed by atoms with Crippen molar-refractivity contribution < 1.29 is 32.8 Å². The van der Waals surface area contributed by atoms with Crippen LogP contribution < -0.4 is 5.73 Å². The summed E-state index contributed by atoms with van der Waals surface area (Å²) in [5.74, 6) is -0.340. The number of carbonyl (C=O) groups excluding carboxylic acids is 1. The lowest BCUT2D eigenvalue weighted by Crippen LogP contribution is -2.28. The molecule has 3 N–H and O–H groups in total. The number of hydrogen-bond donors (Lipinski definition) is 2. The summed E-state index contributed by atoms with van der Waals surface area (Å²) in [5, 5.41) is 0. The number of phosphoric ester groups is 1. The minimum absolute atomic E-state index is 0.0974. The van der Waals surface area contributed by atoms with Crippen LogP contribution in [0.4, 0.5) is 0 Å². The van der Waals surface area contributed by atoms with Gasteiger partial charge in [0.15, 0.2) is 0 Å². The van der Waals surface area contributed by atoms with Crippen LogP contribution in [0.15, 0.2) is 36.5 Å². The van der Waals surface area contributed by atoms with E-state index < -0.39 is 13.9 Å². The summed E-state index contributed by atoms with van der Waals surface area (Å²) in [4.78, 5) is 22.5. The van der Waals surface area contributed by atoms with Gasteiger partial charge >= 0.3 is 13.8 Å². The van der Waals surface area contributed by atoms with Crippen molar-refractivity contribution in [2.45, 2.75) is 219 Å². The van der Waals surface area contributed by atoms with E-state index in [0.29, 0.717) is 13.0 Å². The Bertz CT molecular complexity index is 941. The molecule has 324 valence electrons. The highest BCUT2D eigenvalue weighted by Crippen LogP contribution is 2.43. The Kier molecular flexibility index (Phi) is 42.8. The minimum atomic E-state index is -4.28. The number of carbonyl (C=O) groups is 1. The number of allylic oxidation sites excluding steroid dienone is 6. The van der Waals surface area contributed by atoms with Gasteiger partial charge in [-0.15, -0.1) is 0 Å². The summed E-state index contributed by atoms with van der Waals surface area (Å²) in [7, 11) is -4.28. The molecule has 0 aliphatic heterocycles. The van der Waals surface area contributed by atoms with E-state index in [2.05, 4.69) is 50.3 Å². The van der Waals surface area contributed by atoms with E-state index in [1.54, 1.807) is 0 Å². The van der Waals surface area contributed by atoms with Gasteiger partial charge in [0.25, 0.3) is 0 Å². The molecule has 0 bridgehead atoms. The van der Waals surface area contributed by atoms with E-state index >= 15 is 0 Å². The average Bonchev–Trinajstić information content (AvgIpc) is 3.17. The summed E-state index contributed by atoms with van der Waals surface area (Å²) in [6, 6.07) is 0. The number of esters is 1. The Morgan fingerprint density at radius 3 is 1.44 bits per heavy atom.